The average molecular weight is 263 g/mol. The number of nitrogens with one attached hydrogen (secondary N) is 1. The zero-order valence-corrected chi connectivity index (χ0v) is 12.3. The van der Waals surface area contributed by atoms with Crippen molar-refractivity contribution in [3.8, 4) is 0 Å². The normalized spacial score (nSPS) is 40.9. The second kappa shape index (κ2) is 3.83. The van der Waals surface area contributed by atoms with Crippen LogP contribution in [0.1, 0.15) is 65.7 Å². The van der Waals surface area contributed by atoms with Crippen molar-refractivity contribution in [2.75, 3.05) is 0 Å². The number of ketones is 1. The molecule has 0 radical (unpaired) electrons. The van der Waals surface area contributed by atoms with Crippen molar-refractivity contribution in [2.24, 2.45) is 16.2 Å². The van der Waals surface area contributed by atoms with Crippen LogP contribution in [-0.4, -0.2) is 17.7 Å². The second-order valence-corrected chi connectivity index (χ2v) is 7.59. The summed E-state index contributed by atoms with van der Waals surface area (Å²) in [7, 11) is 0. The van der Waals surface area contributed by atoms with Crippen molar-refractivity contribution in [1.29, 1.82) is 0 Å². The van der Waals surface area contributed by atoms with E-state index < -0.39 is 5.41 Å². The number of hydrogen-bond acceptors (Lipinski definition) is 2. The van der Waals surface area contributed by atoms with Crippen LogP contribution >= 0.6 is 0 Å². The van der Waals surface area contributed by atoms with E-state index in [-0.39, 0.29) is 16.7 Å². The number of rotatable bonds is 2. The first-order valence-electron chi connectivity index (χ1n) is 7.68. The maximum atomic E-state index is 12.8. The molecule has 3 rings (SSSR count). The fourth-order valence-electron chi connectivity index (χ4n) is 4.75. The maximum absolute atomic E-state index is 12.8. The summed E-state index contributed by atoms with van der Waals surface area (Å²) in [5, 5.41) is 3.24. The minimum atomic E-state index is -0.443. The Balaban J connectivity index is 1.87. The van der Waals surface area contributed by atoms with Gasteiger partial charge in [-0.2, -0.15) is 0 Å². The molecule has 3 saturated carbocycles. The standard InChI is InChI=1S/C16H25NO2/c1-14(2)15(3)8-9-16(14,10-12(15)18)13(19)17-11-6-4-5-7-11/h11H,4-10H2,1-3H3,(H,17,19)/t15-,16-/m1/s1. The summed E-state index contributed by atoms with van der Waals surface area (Å²) in [6.07, 6.45) is 6.85. The van der Waals surface area contributed by atoms with E-state index >= 15 is 0 Å². The van der Waals surface area contributed by atoms with Crippen LogP contribution in [0.2, 0.25) is 0 Å². The quantitative estimate of drug-likeness (QED) is 0.832. The van der Waals surface area contributed by atoms with E-state index in [2.05, 4.69) is 26.1 Å². The van der Waals surface area contributed by atoms with Gasteiger partial charge in [0.1, 0.15) is 5.78 Å². The highest BCUT2D eigenvalue weighted by atomic mass is 16.2. The van der Waals surface area contributed by atoms with Crippen LogP contribution in [0.5, 0.6) is 0 Å². The Morgan fingerprint density at radius 1 is 1.16 bits per heavy atom. The lowest BCUT2D eigenvalue weighted by atomic mass is 9.64. The second-order valence-electron chi connectivity index (χ2n) is 7.59. The first-order valence-corrected chi connectivity index (χ1v) is 7.68. The smallest absolute Gasteiger partial charge is 0.227 e. The third-order valence-corrected chi connectivity index (χ3v) is 6.83. The van der Waals surface area contributed by atoms with Gasteiger partial charge in [0.2, 0.25) is 5.91 Å². The Morgan fingerprint density at radius 3 is 2.26 bits per heavy atom. The van der Waals surface area contributed by atoms with Crippen LogP contribution in [0.4, 0.5) is 0 Å². The van der Waals surface area contributed by atoms with E-state index in [1.54, 1.807) is 0 Å². The topological polar surface area (TPSA) is 46.2 Å². The van der Waals surface area contributed by atoms with E-state index in [1.807, 2.05) is 0 Å². The lowest BCUT2D eigenvalue weighted by Gasteiger charge is -2.39. The number of hydrogen-bond donors (Lipinski definition) is 1. The van der Waals surface area contributed by atoms with E-state index in [4.69, 9.17) is 0 Å². The summed E-state index contributed by atoms with van der Waals surface area (Å²) in [6, 6.07) is 0.347. The minimum Gasteiger partial charge on any atom is -0.353 e. The molecule has 0 unspecified atom stereocenters. The number of fused-ring (bicyclic) bond motifs is 2. The van der Waals surface area contributed by atoms with Crippen molar-refractivity contribution in [3.63, 3.8) is 0 Å². The summed E-state index contributed by atoms with van der Waals surface area (Å²) in [5.74, 6) is 0.448. The molecule has 0 aromatic carbocycles. The van der Waals surface area contributed by atoms with Gasteiger partial charge in [0.05, 0.1) is 5.41 Å². The molecule has 0 aliphatic heterocycles. The van der Waals surface area contributed by atoms with Crippen molar-refractivity contribution >= 4 is 11.7 Å². The molecule has 3 fully saturated rings. The zero-order chi connectivity index (χ0) is 13.9. The molecule has 0 saturated heterocycles. The molecule has 2 atom stereocenters. The van der Waals surface area contributed by atoms with Crippen LogP contribution in [0.15, 0.2) is 0 Å². The maximum Gasteiger partial charge on any atom is 0.227 e. The summed E-state index contributed by atoms with van der Waals surface area (Å²) in [4.78, 5) is 25.2. The number of carbonyl (C=O) groups excluding carboxylic acids is 2. The van der Waals surface area contributed by atoms with Crippen molar-refractivity contribution < 1.29 is 9.59 Å². The molecular formula is C16H25NO2. The van der Waals surface area contributed by atoms with Crippen LogP contribution in [0.25, 0.3) is 0 Å². The fourth-order valence-corrected chi connectivity index (χ4v) is 4.75. The molecule has 106 valence electrons. The van der Waals surface area contributed by atoms with Crippen LogP contribution < -0.4 is 5.32 Å². The first kappa shape index (κ1) is 13.1. The average Bonchev–Trinajstić information content (AvgIpc) is 2.94. The van der Waals surface area contributed by atoms with Crippen molar-refractivity contribution in [3.05, 3.63) is 0 Å². The molecule has 3 aliphatic rings. The van der Waals surface area contributed by atoms with Crippen LogP contribution in [0, 0.1) is 16.2 Å². The molecule has 3 heteroatoms. The van der Waals surface area contributed by atoms with Gasteiger partial charge < -0.3 is 5.32 Å². The molecule has 19 heavy (non-hydrogen) atoms. The van der Waals surface area contributed by atoms with Crippen molar-refractivity contribution in [1.82, 2.24) is 5.32 Å². The number of carbonyl (C=O) groups is 2. The van der Waals surface area contributed by atoms with Crippen LogP contribution in [-0.2, 0) is 9.59 Å². The van der Waals surface area contributed by atoms with Gasteiger partial charge in [-0.1, -0.05) is 33.6 Å². The van der Waals surface area contributed by atoms with Gasteiger partial charge in [-0.3, -0.25) is 9.59 Å². The first-order chi connectivity index (χ1) is 8.83. The SMILES string of the molecule is CC1(C)[C@]2(C(=O)NC3CCCC3)CC[C@]1(C)C(=O)C2. The number of amides is 1. The van der Waals surface area contributed by atoms with Crippen molar-refractivity contribution in [2.45, 2.75) is 71.8 Å². The van der Waals surface area contributed by atoms with Crippen LogP contribution in [0.3, 0.4) is 0 Å². The lowest BCUT2D eigenvalue weighted by Crippen LogP contribution is -2.49. The van der Waals surface area contributed by atoms with Gasteiger partial charge in [0.15, 0.2) is 0 Å². The predicted molar refractivity (Wildman–Crippen MR) is 73.6 cm³/mol. The van der Waals surface area contributed by atoms with Gasteiger partial charge in [-0.15, -0.1) is 0 Å². The van der Waals surface area contributed by atoms with Gasteiger partial charge >= 0.3 is 0 Å². The van der Waals surface area contributed by atoms with E-state index in [1.165, 1.54) is 12.8 Å². The molecule has 0 heterocycles. The zero-order valence-electron chi connectivity index (χ0n) is 12.3. The highest BCUT2D eigenvalue weighted by molar-refractivity contribution is 5.99. The van der Waals surface area contributed by atoms with Gasteiger partial charge in [0.25, 0.3) is 0 Å². The Bertz CT molecular complexity index is 436. The third kappa shape index (κ3) is 1.45. The van der Waals surface area contributed by atoms with Gasteiger partial charge in [-0.05, 0) is 31.1 Å². The minimum absolute atomic E-state index is 0.152. The highest BCUT2D eigenvalue weighted by Gasteiger charge is 2.72. The molecule has 3 aliphatic carbocycles. The highest BCUT2D eigenvalue weighted by Crippen LogP contribution is 2.70. The summed E-state index contributed by atoms with van der Waals surface area (Å²) >= 11 is 0. The Morgan fingerprint density at radius 2 is 1.79 bits per heavy atom. The molecule has 0 spiro atoms. The summed E-state index contributed by atoms with van der Waals surface area (Å²) in [6.45, 7) is 6.31. The van der Waals surface area contributed by atoms with E-state index in [0.29, 0.717) is 18.2 Å². The van der Waals surface area contributed by atoms with E-state index in [0.717, 1.165) is 25.7 Å². The third-order valence-electron chi connectivity index (χ3n) is 6.83. The fraction of sp³-hybridized carbons (Fsp3) is 0.875. The molecule has 2 bridgehead atoms. The van der Waals surface area contributed by atoms with Gasteiger partial charge in [-0.25, -0.2) is 0 Å². The summed E-state index contributed by atoms with van der Waals surface area (Å²) < 4.78 is 0. The largest absolute Gasteiger partial charge is 0.353 e. The molecule has 3 nitrogen and oxygen atoms in total. The summed E-state index contributed by atoms with van der Waals surface area (Å²) in [5.41, 5.74) is -0.943. The van der Waals surface area contributed by atoms with E-state index in [9.17, 15) is 9.59 Å². The molecule has 1 N–H and O–H groups in total. The molecular weight excluding hydrogens is 238 g/mol. The predicted octanol–water partition coefficient (Wildman–Crippen LogP) is 2.83. The monoisotopic (exact) mass is 263 g/mol. The lowest BCUT2D eigenvalue weighted by molar-refractivity contribution is -0.137. The Labute approximate surface area is 115 Å². The Kier molecular flexibility index (Phi) is 2.65. The molecule has 1 amide bonds. The Hall–Kier alpha value is -0.860. The van der Waals surface area contributed by atoms with Gasteiger partial charge in [0, 0.05) is 17.9 Å². The molecule has 0 aromatic rings. The molecule has 0 aromatic heterocycles. The number of Topliss-reactive ketones (excluding diaryl/α,β-unsaturated/α-hetero) is 1.